The van der Waals surface area contributed by atoms with Crippen LogP contribution in [0.5, 0.6) is 0 Å². The molecule has 2 aliphatic rings. The fourth-order valence-electron chi connectivity index (χ4n) is 5.50. The van der Waals surface area contributed by atoms with Crippen molar-refractivity contribution in [1.82, 2.24) is 29.9 Å². The summed E-state index contributed by atoms with van der Waals surface area (Å²) in [6, 6.07) is 3.60. The number of aromatic nitrogens is 5. The van der Waals surface area contributed by atoms with E-state index in [-0.39, 0.29) is 37.3 Å². The van der Waals surface area contributed by atoms with Crippen LogP contribution < -0.4 is 10.6 Å². The number of carbonyl (C=O) groups excluding carboxylic acids is 1. The maximum atomic E-state index is 13.1. The number of aromatic amines is 1. The van der Waals surface area contributed by atoms with Gasteiger partial charge in [0.1, 0.15) is 5.65 Å². The van der Waals surface area contributed by atoms with Crippen LogP contribution in [-0.4, -0.2) is 61.4 Å². The number of pyridine rings is 1. The Bertz CT molecular complexity index is 1530. The minimum absolute atomic E-state index is 0.0606. The van der Waals surface area contributed by atoms with Crippen molar-refractivity contribution in [2.24, 2.45) is 5.92 Å². The monoisotopic (exact) mass is 563 g/mol. The van der Waals surface area contributed by atoms with Crippen LogP contribution in [0, 0.1) is 5.92 Å². The van der Waals surface area contributed by atoms with Crippen molar-refractivity contribution in [3.05, 3.63) is 42.5 Å². The summed E-state index contributed by atoms with van der Waals surface area (Å²) in [6.45, 7) is 0.185. The Hall–Kier alpha value is -3.81. The number of carbonyl (C=O) groups is 1. The van der Waals surface area contributed by atoms with Gasteiger partial charge in [0.15, 0.2) is 0 Å². The first-order chi connectivity index (χ1) is 19.0. The topological polar surface area (TPSA) is 109 Å². The fourth-order valence-corrected chi connectivity index (χ4v) is 5.50. The molecule has 2 fully saturated rings. The number of fused-ring (bicyclic) bond motifs is 2. The lowest BCUT2D eigenvalue weighted by molar-refractivity contribution is -0.345. The van der Waals surface area contributed by atoms with Crippen LogP contribution in [0.2, 0.25) is 0 Å². The predicted molar refractivity (Wildman–Crippen MR) is 135 cm³/mol. The summed E-state index contributed by atoms with van der Waals surface area (Å²) < 4.78 is 69.3. The number of nitrogens with zero attached hydrogens (tertiary/aromatic N) is 4. The molecule has 1 amide bonds. The fraction of sp³-hybridized carbons (Fsp3) is 0.462. The van der Waals surface area contributed by atoms with E-state index < -0.39 is 18.4 Å². The molecule has 0 spiro atoms. The van der Waals surface area contributed by atoms with Crippen LogP contribution >= 0.6 is 0 Å². The molecule has 3 N–H and O–H groups in total. The van der Waals surface area contributed by atoms with Gasteiger partial charge in [-0.25, -0.2) is 18.3 Å². The van der Waals surface area contributed by atoms with E-state index in [9.17, 15) is 26.7 Å². The molecule has 9 nitrogen and oxygen atoms in total. The molecule has 0 unspecified atom stereocenters. The minimum atomic E-state index is -4.63. The third-order valence-corrected chi connectivity index (χ3v) is 7.54. The first-order valence-electron chi connectivity index (χ1n) is 13.0. The number of rotatable bonds is 7. The van der Waals surface area contributed by atoms with Crippen LogP contribution in [0.1, 0.15) is 48.9 Å². The van der Waals surface area contributed by atoms with E-state index >= 15 is 0 Å². The second kappa shape index (κ2) is 9.98. The van der Waals surface area contributed by atoms with Gasteiger partial charge >= 0.3 is 6.36 Å². The van der Waals surface area contributed by atoms with Crippen LogP contribution in [0.15, 0.2) is 36.9 Å². The largest absolute Gasteiger partial charge is 0.522 e. The molecular formula is C26H26F5N7O2. The lowest BCUT2D eigenvalue weighted by atomic mass is 9.81. The highest BCUT2D eigenvalue weighted by Gasteiger charge is 2.45. The van der Waals surface area contributed by atoms with Crippen molar-refractivity contribution in [1.29, 1.82) is 0 Å². The predicted octanol–water partition coefficient (Wildman–Crippen LogP) is 5.31. The number of H-pyrrole nitrogens is 1. The van der Waals surface area contributed by atoms with E-state index in [4.69, 9.17) is 0 Å². The number of amides is 1. The van der Waals surface area contributed by atoms with Crippen molar-refractivity contribution in [2.75, 3.05) is 11.9 Å². The van der Waals surface area contributed by atoms with Crippen molar-refractivity contribution in [3.63, 3.8) is 0 Å². The molecule has 2 saturated carbocycles. The minimum Gasteiger partial charge on any atom is -0.352 e. The first kappa shape index (κ1) is 26.4. The maximum absolute atomic E-state index is 13.1. The van der Waals surface area contributed by atoms with Gasteiger partial charge in [0.05, 0.1) is 23.4 Å². The summed E-state index contributed by atoms with van der Waals surface area (Å²) in [7, 11) is 0. The van der Waals surface area contributed by atoms with Crippen LogP contribution in [-0.2, 0) is 4.74 Å². The second-order valence-electron chi connectivity index (χ2n) is 10.5. The third-order valence-electron chi connectivity index (χ3n) is 7.54. The lowest BCUT2D eigenvalue weighted by Crippen LogP contribution is -2.42. The van der Waals surface area contributed by atoms with Gasteiger partial charge in [-0.2, -0.15) is 10.1 Å². The molecule has 4 aromatic rings. The van der Waals surface area contributed by atoms with Crippen LogP contribution in [0.4, 0.5) is 27.9 Å². The molecule has 0 atom stereocenters. The van der Waals surface area contributed by atoms with Crippen LogP contribution in [0.3, 0.4) is 0 Å². The molecule has 4 heterocycles. The summed E-state index contributed by atoms with van der Waals surface area (Å²) in [5.41, 5.74) is 3.07. The van der Waals surface area contributed by atoms with E-state index in [0.717, 1.165) is 16.5 Å². The highest BCUT2D eigenvalue weighted by Crippen LogP contribution is 2.42. The number of hydrogen-bond donors (Lipinski definition) is 3. The van der Waals surface area contributed by atoms with Crippen molar-refractivity contribution < 1.29 is 31.5 Å². The zero-order chi connectivity index (χ0) is 28.1. The van der Waals surface area contributed by atoms with Gasteiger partial charge in [-0.3, -0.25) is 9.53 Å². The van der Waals surface area contributed by atoms with E-state index in [2.05, 4.69) is 35.4 Å². The quantitative estimate of drug-likeness (QED) is 0.263. The normalized spacial score (nSPS) is 21.4. The van der Waals surface area contributed by atoms with E-state index in [1.807, 2.05) is 12.1 Å². The molecule has 6 rings (SSSR count). The summed E-state index contributed by atoms with van der Waals surface area (Å²) in [5.74, 6) is -2.88. The number of anilines is 1. The highest BCUT2D eigenvalue weighted by atomic mass is 19.4. The van der Waals surface area contributed by atoms with Gasteiger partial charge in [-0.1, -0.05) is 0 Å². The van der Waals surface area contributed by atoms with E-state index in [1.54, 1.807) is 23.1 Å². The molecule has 0 aliphatic heterocycles. The molecule has 212 valence electrons. The number of alkyl halides is 5. The summed E-state index contributed by atoms with van der Waals surface area (Å²) in [5, 5.41) is 10.9. The van der Waals surface area contributed by atoms with Crippen molar-refractivity contribution in [2.45, 2.75) is 63.0 Å². The average molecular weight is 564 g/mol. The lowest BCUT2D eigenvalue weighted by Gasteiger charge is -2.34. The third kappa shape index (κ3) is 5.58. The molecule has 2 aliphatic carbocycles. The summed E-state index contributed by atoms with van der Waals surface area (Å²) >= 11 is 0. The highest BCUT2D eigenvalue weighted by molar-refractivity contribution is 6.02. The Morgan fingerprint density at radius 2 is 1.95 bits per heavy atom. The van der Waals surface area contributed by atoms with Crippen molar-refractivity contribution in [3.8, 4) is 11.1 Å². The van der Waals surface area contributed by atoms with Gasteiger partial charge < -0.3 is 15.6 Å². The SMILES string of the molecule is O=C(NCC1CC(F)(F)C1)c1cnn2ccc(-c3c[nH]c4nc(N[C@H]5CC[C@@H](OC(F)(F)F)CC5)ncc34)cc12. The Morgan fingerprint density at radius 3 is 2.67 bits per heavy atom. The molecule has 4 aromatic heterocycles. The Balaban J connectivity index is 1.14. The van der Waals surface area contributed by atoms with Gasteiger partial charge in [-0.15, -0.1) is 13.2 Å². The molecule has 0 saturated heterocycles. The van der Waals surface area contributed by atoms with Gasteiger partial charge in [0, 0.05) is 55.0 Å². The zero-order valence-corrected chi connectivity index (χ0v) is 21.1. The Kier molecular flexibility index (Phi) is 6.59. The molecule has 40 heavy (non-hydrogen) atoms. The van der Waals surface area contributed by atoms with E-state index in [1.165, 1.54) is 6.20 Å². The number of halogens is 5. The first-order valence-corrected chi connectivity index (χ1v) is 13.0. The Morgan fingerprint density at radius 1 is 1.18 bits per heavy atom. The number of ether oxygens (including phenoxy) is 1. The summed E-state index contributed by atoms with van der Waals surface area (Å²) in [6.07, 6.45) is 2.32. The number of nitrogens with one attached hydrogen (secondary N) is 3. The molecule has 0 bridgehead atoms. The van der Waals surface area contributed by atoms with Crippen LogP contribution in [0.25, 0.3) is 27.7 Å². The molecule has 0 radical (unpaired) electrons. The second-order valence-corrected chi connectivity index (χ2v) is 10.5. The standard InChI is InChI=1S/C26H26F5N7O2/c27-25(28)8-14(9-25)10-33-23(39)20-13-35-38-6-5-15(7-21(20)38)18-11-32-22-19(18)12-34-24(37-22)36-16-1-3-17(4-2-16)40-26(29,30)31/h5-7,11-14,16-17H,1-4,8-10H2,(H,33,39)(H2,32,34,36,37)/t16-,17+. The average Bonchev–Trinajstić information content (AvgIpc) is 3.50. The van der Waals surface area contributed by atoms with Gasteiger partial charge in [-0.05, 0) is 49.3 Å². The number of hydrogen-bond acceptors (Lipinski definition) is 6. The van der Waals surface area contributed by atoms with Gasteiger partial charge in [0.2, 0.25) is 11.9 Å². The smallest absolute Gasteiger partial charge is 0.352 e. The molecular weight excluding hydrogens is 537 g/mol. The molecule has 14 heteroatoms. The summed E-state index contributed by atoms with van der Waals surface area (Å²) in [4.78, 5) is 24.8. The zero-order valence-electron chi connectivity index (χ0n) is 21.1. The van der Waals surface area contributed by atoms with E-state index in [0.29, 0.717) is 48.4 Å². The van der Waals surface area contributed by atoms with Gasteiger partial charge in [0.25, 0.3) is 5.91 Å². The Labute approximate surface area is 224 Å². The maximum Gasteiger partial charge on any atom is 0.522 e. The molecule has 0 aromatic carbocycles. The van der Waals surface area contributed by atoms with Crippen molar-refractivity contribution >= 4 is 28.4 Å².